The molecule has 1 saturated heterocycles. The van der Waals surface area contributed by atoms with Crippen molar-refractivity contribution in [3.05, 3.63) is 47.0 Å². The zero-order valence-electron chi connectivity index (χ0n) is 15.4. The minimum Gasteiger partial charge on any atom is -0.312 e. The normalized spacial score (nSPS) is 19.3. The van der Waals surface area contributed by atoms with Crippen LogP contribution in [0.4, 0.5) is 0 Å². The Balaban J connectivity index is 1.34. The molecule has 0 saturated carbocycles. The Morgan fingerprint density at radius 1 is 1.08 bits per heavy atom. The van der Waals surface area contributed by atoms with Gasteiger partial charge in [0.2, 0.25) is 0 Å². The topological polar surface area (TPSA) is 46.0 Å². The van der Waals surface area contributed by atoms with Gasteiger partial charge in [0.25, 0.3) is 0 Å². The van der Waals surface area contributed by atoms with Crippen molar-refractivity contribution in [1.82, 2.24) is 25.0 Å². The van der Waals surface area contributed by atoms with Crippen LogP contribution < -0.4 is 5.32 Å². The second-order valence-corrected chi connectivity index (χ2v) is 7.75. The molecule has 0 bridgehead atoms. The summed E-state index contributed by atoms with van der Waals surface area (Å²) in [7, 11) is 0. The van der Waals surface area contributed by atoms with Gasteiger partial charge in [-0.15, -0.1) is 10.2 Å². The van der Waals surface area contributed by atoms with E-state index < -0.39 is 0 Å². The second-order valence-electron chi connectivity index (χ2n) is 7.75. The molecule has 134 valence electrons. The molecule has 3 heterocycles. The number of piperidine rings is 1. The SMILES string of the molecule is CC(C)c1ccc(CN2CCC(c3nnc4n3CCNC4)CC2)cc1. The van der Waals surface area contributed by atoms with Gasteiger partial charge in [-0.25, -0.2) is 0 Å². The van der Waals surface area contributed by atoms with Gasteiger partial charge in [-0.2, -0.15) is 0 Å². The molecular weight excluding hydrogens is 310 g/mol. The lowest BCUT2D eigenvalue weighted by Crippen LogP contribution is -2.34. The van der Waals surface area contributed by atoms with Crippen LogP contribution in [0.1, 0.15) is 61.3 Å². The van der Waals surface area contributed by atoms with Crippen LogP contribution in [0.5, 0.6) is 0 Å². The molecule has 0 spiro atoms. The van der Waals surface area contributed by atoms with E-state index >= 15 is 0 Å². The first-order valence-corrected chi connectivity index (χ1v) is 9.64. The van der Waals surface area contributed by atoms with Gasteiger partial charge in [0.15, 0.2) is 0 Å². The van der Waals surface area contributed by atoms with E-state index in [2.05, 4.69) is 63.1 Å². The summed E-state index contributed by atoms with van der Waals surface area (Å²) in [5.74, 6) is 3.50. The first-order chi connectivity index (χ1) is 12.2. The number of nitrogens with zero attached hydrogens (tertiary/aromatic N) is 4. The monoisotopic (exact) mass is 339 g/mol. The van der Waals surface area contributed by atoms with Crippen molar-refractivity contribution in [3.8, 4) is 0 Å². The highest BCUT2D eigenvalue weighted by Gasteiger charge is 2.26. The van der Waals surface area contributed by atoms with Crippen molar-refractivity contribution in [2.75, 3.05) is 19.6 Å². The smallest absolute Gasteiger partial charge is 0.147 e. The Morgan fingerprint density at radius 2 is 1.84 bits per heavy atom. The highest BCUT2D eigenvalue weighted by molar-refractivity contribution is 5.24. The van der Waals surface area contributed by atoms with Crippen LogP contribution in [0.2, 0.25) is 0 Å². The predicted molar refractivity (Wildman–Crippen MR) is 99.5 cm³/mol. The van der Waals surface area contributed by atoms with Gasteiger partial charge < -0.3 is 9.88 Å². The van der Waals surface area contributed by atoms with E-state index in [1.165, 1.54) is 29.8 Å². The summed E-state index contributed by atoms with van der Waals surface area (Å²) < 4.78 is 2.35. The average Bonchev–Trinajstić information content (AvgIpc) is 3.07. The van der Waals surface area contributed by atoms with Crippen LogP contribution >= 0.6 is 0 Å². The Labute approximate surface area is 150 Å². The van der Waals surface area contributed by atoms with Crippen molar-refractivity contribution in [1.29, 1.82) is 0 Å². The molecule has 0 aliphatic carbocycles. The van der Waals surface area contributed by atoms with Crippen molar-refractivity contribution in [3.63, 3.8) is 0 Å². The molecule has 2 aliphatic heterocycles. The molecule has 0 radical (unpaired) electrons. The Morgan fingerprint density at radius 3 is 2.56 bits per heavy atom. The third-order valence-electron chi connectivity index (χ3n) is 5.66. The average molecular weight is 339 g/mol. The van der Waals surface area contributed by atoms with E-state index in [1.807, 2.05) is 0 Å². The second kappa shape index (κ2) is 7.26. The van der Waals surface area contributed by atoms with Gasteiger partial charge in [0.1, 0.15) is 11.6 Å². The largest absolute Gasteiger partial charge is 0.312 e. The molecular formula is C20H29N5. The Bertz CT molecular complexity index is 695. The zero-order chi connectivity index (χ0) is 17.2. The van der Waals surface area contributed by atoms with Gasteiger partial charge in [-0.3, -0.25) is 4.90 Å². The highest BCUT2D eigenvalue weighted by Crippen LogP contribution is 2.28. The van der Waals surface area contributed by atoms with Crippen LogP contribution in [0.25, 0.3) is 0 Å². The van der Waals surface area contributed by atoms with Gasteiger partial charge in [-0.05, 0) is 43.0 Å². The number of rotatable bonds is 4. The summed E-state index contributed by atoms with van der Waals surface area (Å²) in [6.07, 6.45) is 2.38. The molecule has 2 aliphatic rings. The van der Waals surface area contributed by atoms with E-state index in [0.29, 0.717) is 11.8 Å². The third kappa shape index (κ3) is 3.62. The number of likely N-dealkylation sites (tertiary alicyclic amines) is 1. The van der Waals surface area contributed by atoms with Crippen LogP contribution in [0.3, 0.4) is 0 Å². The maximum Gasteiger partial charge on any atom is 0.147 e. The molecule has 5 nitrogen and oxygen atoms in total. The maximum atomic E-state index is 4.51. The summed E-state index contributed by atoms with van der Waals surface area (Å²) >= 11 is 0. The lowest BCUT2D eigenvalue weighted by molar-refractivity contribution is 0.199. The minimum absolute atomic E-state index is 0.568. The van der Waals surface area contributed by atoms with Crippen molar-refractivity contribution >= 4 is 0 Å². The van der Waals surface area contributed by atoms with E-state index in [4.69, 9.17) is 0 Å². The predicted octanol–water partition coefficient (Wildman–Crippen LogP) is 2.88. The summed E-state index contributed by atoms with van der Waals surface area (Å²) in [5.41, 5.74) is 2.85. The molecule has 0 atom stereocenters. The van der Waals surface area contributed by atoms with Crippen molar-refractivity contribution < 1.29 is 0 Å². The van der Waals surface area contributed by atoms with Gasteiger partial charge in [0.05, 0.1) is 6.54 Å². The summed E-state index contributed by atoms with van der Waals surface area (Å²) in [6, 6.07) is 9.15. The van der Waals surface area contributed by atoms with Crippen LogP contribution in [0, 0.1) is 0 Å². The van der Waals surface area contributed by atoms with Gasteiger partial charge in [0, 0.05) is 25.6 Å². The van der Waals surface area contributed by atoms with Crippen LogP contribution in [-0.2, 0) is 19.6 Å². The van der Waals surface area contributed by atoms with Gasteiger partial charge >= 0.3 is 0 Å². The summed E-state index contributed by atoms with van der Waals surface area (Å²) in [5, 5.41) is 12.3. The number of hydrogen-bond acceptors (Lipinski definition) is 4. The van der Waals surface area contributed by atoms with Crippen molar-refractivity contribution in [2.45, 2.75) is 58.2 Å². The lowest BCUT2D eigenvalue weighted by atomic mass is 9.95. The number of fused-ring (bicyclic) bond motifs is 1. The van der Waals surface area contributed by atoms with E-state index in [0.717, 1.165) is 45.1 Å². The number of nitrogens with one attached hydrogen (secondary N) is 1. The lowest BCUT2D eigenvalue weighted by Gasteiger charge is -2.32. The molecule has 1 aromatic heterocycles. The minimum atomic E-state index is 0.568. The fourth-order valence-corrected chi connectivity index (χ4v) is 4.03. The van der Waals surface area contributed by atoms with E-state index in [9.17, 15) is 0 Å². The molecule has 0 amide bonds. The van der Waals surface area contributed by atoms with Crippen molar-refractivity contribution in [2.24, 2.45) is 0 Å². The molecule has 0 unspecified atom stereocenters. The molecule has 1 N–H and O–H groups in total. The number of aromatic nitrogens is 3. The molecule has 25 heavy (non-hydrogen) atoms. The fraction of sp³-hybridized carbons (Fsp3) is 0.600. The van der Waals surface area contributed by atoms with E-state index in [-0.39, 0.29) is 0 Å². The summed E-state index contributed by atoms with van der Waals surface area (Å²) in [4.78, 5) is 2.58. The molecule has 4 rings (SSSR count). The van der Waals surface area contributed by atoms with E-state index in [1.54, 1.807) is 0 Å². The van der Waals surface area contributed by atoms with Crippen LogP contribution in [0.15, 0.2) is 24.3 Å². The number of hydrogen-bond donors (Lipinski definition) is 1. The fourth-order valence-electron chi connectivity index (χ4n) is 4.03. The standard InChI is InChI=1S/C20H29N5/c1-15(2)17-5-3-16(4-6-17)14-24-10-7-18(8-11-24)20-23-22-19-13-21-9-12-25(19)20/h3-6,15,18,21H,7-14H2,1-2H3. The molecule has 5 heteroatoms. The molecule has 2 aromatic rings. The number of benzene rings is 1. The third-order valence-corrected chi connectivity index (χ3v) is 5.66. The Kier molecular flexibility index (Phi) is 4.86. The van der Waals surface area contributed by atoms with Crippen LogP contribution in [-0.4, -0.2) is 39.3 Å². The zero-order valence-corrected chi connectivity index (χ0v) is 15.4. The quantitative estimate of drug-likeness (QED) is 0.930. The first-order valence-electron chi connectivity index (χ1n) is 9.64. The first kappa shape index (κ1) is 16.7. The molecule has 1 fully saturated rings. The Hall–Kier alpha value is -1.72. The van der Waals surface area contributed by atoms with Gasteiger partial charge in [-0.1, -0.05) is 38.1 Å². The summed E-state index contributed by atoms with van der Waals surface area (Å²) in [6.45, 7) is 10.8. The molecule has 1 aromatic carbocycles. The maximum absolute atomic E-state index is 4.51. The highest BCUT2D eigenvalue weighted by atomic mass is 15.3.